The van der Waals surface area contributed by atoms with Crippen LogP contribution in [-0.4, -0.2) is 34.8 Å². The van der Waals surface area contributed by atoms with E-state index in [9.17, 15) is 9.59 Å². The molecule has 0 unspecified atom stereocenters. The minimum atomic E-state index is -0.290. The van der Waals surface area contributed by atoms with Crippen LogP contribution in [0.2, 0.25) is 5.02 Å². The molecule has 0 aliphatic rings. The quantitative estimate of drug-likeness (QED) is 0.525. The van der Waals surface area contributed by atoms with E-state index in [1.54, 1.807) is 18.2 Å². The molecule has 0 aliphatic heterocycles. The third-order valence-corrected chi connectivity index (χ3v) is 4.22. The molecule has 0 radical (unpaired) electrons. The van der Waals surface area contributed by atoms with Gasteiger partial charge in [-0.3, -0.25) is 9.59 Å². The highest BCUT2D eigenvalue weighted by Crippen LogP contribution is 2.27. The summed E-state index contributed by atoms with van der Waals surface area (Å²) in [6.07, 6.45) is 0.0330. The van der Waals surface area contributed by atoms with Crippen molar-refractivity contribution in [2.45, 2.75) is 31.7 Å². The van der Waals surface area contributed by atoms with Crippen molar-refractivity contribution >= 4 is 35.0 Å². The summed E-state index contributed by atoms with van der Waals surface area (Å²) in [5.41, 5.74) is 0.704. The van der Waals surface area contributed by atoms with Crippen LogP contribution < -0.4 is 15.6 Å². The van der Waals surface area contributed by atoms with Crippen molar-refractivity contribution in [2.75, 3.05) is 18.2 Å². The van der Waals surface area contributed by atoms with Gasteiger partial charge in [0.1, 0.15) is 5.75 Å². The van der Waals surface area contributed by atoms with Crippen LogP contribution in [-0.2, 0) is 16.1 Å². The molecule has 1 aromatic heterocycles. The fourth-order valence-corrected chi connectivity index (χ4v) is 2.84. The molecular weight excluding hydrogens is 378 g/mol. The Morgan fingerprint density at radius 2 is 2.15 bits per heavy atom. The molecule has 0 saturated carbocycles. The van der Waals surface area contributed by atoms with Crippen LogP contribution in [0.1, 0.15) is 19.5 Å². The summed E-state index contributed by atoms with van der Waals surface area (Å²) < 4.78 is 10.6. The van der Waals surface area contributed by atoms with Crippen LogP contribution in [0.3, 0.4) is 0 Å². The van der Waals surface area contributed by atoms with Crippen molar-refractivity contribution in [1.82, 2.24) is 9.97 Å². The van der Waals surface area contributed by atoms with Gasteiger partial charge in [0.25, 0.3) is 5.56 Å². The Morgan fingerprint density at radius 3 is 2.85 bits per heavy atom. The molecule has 0 spiro atoms. The number of methoxy groups -OCH3 is 1. The molecule has 9 heteroatoms. The lowest BCUT2D eigenvalue weighted by Gasteiger charge is -2.10. The third kappa shape index (κ3) is 6.36. The molecule has 0 saturated heterocycles. The number of halogens is 1. The molecule has 0 bridgehead atoms. The number of ether oxygens (including phenoxy) is 2. The molecule has 0 atom stereocenters. The number of aromatic amines is 1. The van der Waals surface area contributed by atoms with Crippen LogP contribution >= 0.6 is 23.4 Å². The van der Waals surface area contributed by atoms with Crippen molar-refractivity contribution < 1.29 is 14.3 Å². The maximum absolute atomic E-state index is 12.2. The highest BCUT2D eigenvalue weighted by Gasteiger charge is 2.11. The zero-order chi connectivity index (χ0) is 19.1. The molecule has 2 N–H and O–H groups in total. The predicted octanol–water partition coefficient (Wildman–Crippen LogP) is 3.09. The van der Waals surface area contributed by atoms with Gasteiger partial charge in [-0.05, 0) is 32.0 Å². The number of amides is 1. The van der Waals surface area contributed by atoms with Gasteiger partial charge in [-0.2, -0.15) is 0 Å². The first-order valence-corrected chi connectivity index (χ1v) is 9.21. The molecule has 26 heavy (non-hydrogen) atoms. The summed E-state index contributed by atoms with van der Waals surface area (Å²) in [6, 6.07) is 6.32. The number of nitrogens with zero attached hydrogens (tertiary/aromatic N) is 1. The highest BCUT2D eigenvalue weighted by molar-refractivity contribution is 7.99. The number of carbonyl (C=O) groups is 1. The maximum Gasteiger partial charge on any atom is 0.251 e. The Hall–Kier alpha value is -2.03. The van der Waals surface area contributed by atoms with Gasteiger partial charge in [0.05, 0.1) is 37.0 Å². The first kappa shape index (κ1) is 20.3. The number of aromatic nitrogens is 2. The molecule has 2 aromatic rings. The Labute approximate surface area is 160 Å². The average molecular weight is 398 g/mol. The lowest BCUT2D eigenvalue weighted by Crippen LogP contribution is -2.16. The van der Waals surface area contributed by atoms with Crippen molar-refractivity contribution in [2.24, 2.45) is 0 Å². The van der Waals surface area contributed by atoms with Crippen LogP contribution in [0.5, 0.6) is 5.75 Å². The van der Waals surface area contributed by atoms with E-state index in [0.717, 1.165) is 11.8 Å². The SMILES string of the molecule is COc1ccc(Cl)cc1NC(=O)CSc1nc(COC(C)C)cc(=O)[nH]1. The highest BCUT2D eigenvalue weighted by atomic mass is 35.5. The van der Waals surface area contributed by atoms with Crippen LogP contribution in [0, 0.1) is 0 Å². The van der Waals surface area contributed by atoms with E-state index >= 15 is 0 Å². The summed E-state index contributed by atoms with van der Waals surface area (Å²) in [6.45, 7) is 4.04. The van der Waals surface area contributed by atoms with Gasteiger partial charge in [-0.1, -0.05) is 23.4 Å². The average Bonchev–Trinajstić information content (AvgIpc) is 2.58. The number of hydrogen-bond donors (Lipinski definition) is 2. The number of thioether (sulfide) groups is 1. The van der Waals surface area contributed by atoms with E-state index in [0.29, 0.717) is 27.3 Å². The standard InChI is InChI=1S/C17H20ClN3O4S/c1-10(2)25-8-12-7-15(22)21-17(19-12)26-9-16(23)20-13-6-11(18)4-5-14(13)24-3/h4-7,10H,8-9H2,1-3H3,(H,20,23)(H,19,21,22). The van der Waals surface area contributed by atoms with Crippen molar-refractivity contribution in [3.8, 4) is 5.75 Å². The lowest BCUT2D eigenvalue weighted by molar-refractivity contribution is -0.113. The lowest BCUT2D eigenvalue weighted by atomic mass is 10.3. The van der Waals surface area contributed by atoms with Gasteiger partial charge in [-0.15, -0.1) is 0 Å². The number of nitrogens with one attached hydrogen (secondary N) is 2. The molecule has 1 aromatic carbocycles. The smallest absolute Gasteiger partial charge is 0.251 e. The number of carbonyl (C=O) groups excluding carboxylic acids is 1. The normalized spacial score (nSPS) is 10.8. The van der Waals surface area contributed by atoms with E-state index in [1.807, 2.05) is 13.8 Å². The van der Waals surface area contributed by atoms with Crippen LogP contribution in [0.4, 0.5) is 5.69 Å². The number of hydrogen-bond acceptors (Lipinski definition) is 6. The fraction of sp³-hybridized carbons (Fsp3) is 0.353. The third-order valence-electron chi connectivity index (χ3n) is 3.11. The van der Waals surface area contributed by atoms with Gasteiger partial charge in [0.2, 0.25) is 5.91 Å². The van der Waals surface area contributed by atoms with Gasteiger partial charge < -0.3 is 19.8 Å². The summed E-state index contributed by atoms with van der Waals surface area (Å²) in [5, 5.41) is 3.57. The minimum absolute atomic E-state index is 0.0330. The fourth-order valence-electron chi connectivity index (χ4n) is 1.98. The first-order chi connectivity index (χ1) is 12.4. The zero-order valence-corrected chi connectivity index (χ0v) is 16.2. The Bertz CT molecular complexity index is 826. The van der Waals surface area contributed by atoms with Crippen molar-refractivity contribution in [3.05, 3.63) is 45.3 Å². The van der Waals surface area contributed by atoms with Gasteiger partial charge in [-0.25, -0.2) is 4.98 Å². The summed E-state index contributed by atoms with van der Waals surface area (Å²) in [4.78, 5) is 30.8. The summed E-state index contributed by atoms with van der Waals surface area (Å²) >= 11 is 7.06. The molecule has 140 valence electrons. The number of anilines is 1. The van der Waals surface area contributed by atoms with E-state index in [-0.39, 0.29) is 29.9 Å². The predicted molar refractivity (Wildman–Crippen MR) is 102 cm³/mol. The number of rotatable bonds is 8. The maximum atomic E-state index is 12.2. The monoisotopic (exact) mass is 397 g/mol. The van der Waals surface area contributed by atoms with E-state index in [1.165, 1.54) is 13.2 Å². The van der Waals surface area contributed by atoms with E-state index in [2.05, 4.69) is 15.3 Å². The van der Waals surface area contributed by atoms with Crippen LogP contribution in [0.25, 0.3) is 0 Å². The Kier molecular flexibility index (Phi) is 7.50. The molecular formula is C17H20ClN3O4S. The second-order valence-electron chi connectivity index (χ2n) is 5.58. The molecule has 7 nitrogen and oxygen atoms in total. The largest absolute Gasteiger partial charge is 0.495 e. The van der Waals surface area contributed by atoms with Gasteiger partial charge in [0, 0.05) is 11.1 Å². The second-order valence-corrected chi connectivity index (χ2v) is 6.98. The Balaban J connectivity index is 1.99. The molecule has 1 heterocycles. The zero-order valence-electron chi connectivity index (χ0n) is 14.7. The summed E-state index contributed by atoms with van der Waals surface area (Å²) in [7, 11) is 1.51. The minimum Gasteiger partial charge on any atom is -0.495 e. The Morgan fingerprint density at radius 1 is 1.38 bits per heavy atom. The molecule has 0 fully saturated rings. The number of benzene rings is 1. The second kappa shape index (κ2) is 9.61. The molecule has 0 aliphatic carbocycles. The van der Waals surface area contributed by atoms with Crippen LogP contribution in [0.15, 0.2) is 34.2 Å². The van der Waals surface area contributed by atoms with E-state index < -0.39 is 0 Å². The van der Waals surface area contributed by atoms with Crippen molar-refractivity contribution in [3.63, 3.8) is 0 Å². The van der Waals surface area contributed by atoms with E-state index in [4.69, 9.17) is 21.1 Å². The first-order valence-electron chi connectivity index (χ1n) is 7.85. The topological polar surface area (TPSA) is 93.3 Å². The molecule has 1 amide bonds. The van der Waals surface area contributed by atoms with Crippen molar-refractivity contribution in [1.29, 1.82) is 0 Å². The molecule has 2 rings (SSSR count). The number of H-pyrrole nitrogens is 1. The summed E-state index contributed by atoms with van der Waals surface area (Å²) in [5.74, 6) is 0.293. The van der Waals surface area contributed by atoms with Gasteiger partial charge in [0.15, 0.2) is 5.16 Å². The van der Waals surface area contributed by atoms with Gasteiger partial charge >= 0.3 is 0 Å².